The van der Waals surface area contributed by atoms with Gasteiger partial charge in [0.2, 0.25) is 0 Å². The van der Waals surface area contributed by atoms with Crippen LogP contribution >= 0.6 is 11.8 Å². The molecule has 2 aromatic rings. The highest BCUT2D eigenvalue weighted by atomic mass is 32.2. The zero-order chi connectivity index (χ0) is 19.9. The lowest BCUT2D eigenvalue weighted by Crippen LogP contribution is -2.47. The van der Waals surface area contributed by atoms with Crippen molar-refractivity contribution in [2.75, 3.05) is 23.7 Å². The Labute approximate surface area is 167 Å². The molecule has 2 aromatic carbocycles. The third-order valence-electron chi connectivity index (χ3n) is 5.25. The van der Waals surface area contributed by atoms with Gasteiger partial charge in [-0.05, 0) is 67.4 Å². The molecule has 2 heterocycles. The predicted octanol–water partition coefficient (Wildman–Crippen LogP) is 4.08. The third kappa shape index (κ3) is 3.26. The Morgan fingerprint density at radius 1 is 1.14 bits per heavy atom. The monoisotopic (exact) mass is 405 g/mol. The molecule has 0 saturated heterocycles. The van der Waals surface area contributed by atoms with Crippen LogP contribution in [0.3, 0.4) is 0 Å². The minimum Gasteiger partial charge on any atom is -0.435 e. The van der Waals surface area contributed by atoms with Gasteiger partial charge in [-0.1, -0.05) is 18.2 Å². The average molecular weight is 405 g/mol. The molecule has 2 aliphatic heterocycles. The number of alkyl halides is 2. The van der Waals surface area contributed by atoms with Crippen LogP contribution in [-0.2, 0) is 5.72 Å². The molecule has 0 radical (unpaired) electrons. The molecule has 2 aliphatic rings. The number of amidine groups is 1. The van der Waals surface area contributed by atoms with Gasteiger partial charge in [0.05, 0.1) is 6.54 Å². The second kappa shape index (κ2) is 7.37. The van der Waals surface area contributed by atoms with Gasteiger partial charge in [-0.3, -0.25) is 0 Å². The van der Waals surface area contributed by atoms with Gasteiger partial charge in [0.25, 0.3) is 5.72 Å². The fraction of sp³-hybridized carbons (Fsp3) is 0.381. The van der Waals surface area contributed by atoms with Crippen LogP contribution in [0.15, 0.2) is 42.5 Å². The van der Waals surface area contributed by atoms with E-state index in [2.05, 4.69) is 9.31 Å². The van der Waals surface area contributed by atoms with Crippen molar-refractivity contribution in [1.82, 2.24) is 0 Å². The first-order valence-electron chi connectivity index (χ1n) is 9.29. The van der Waals surface area contributed by atoms with Crippen molar-refractivity contribution in [1.29, 1.82) is 0 Å². The maximum atomic E-state index is 12.5. The highest BCUT2D eigenvalue weighted by molar-refractivity contribution is 8.14. The molecule has 0 spiro atoms. The van der Waals surface area contributed by atoms with Crippen LogP contribution < -0.4 is 9.64 Å². The molecule has 28 heavy (non-hydrogen) atoms. The molecular weight excluding hydrogens is 382 g/mol. The van der Waals surface area contributed by atoms with Crippen LogP contribution in [0.25, 0.3) is 0 Å². The maximum Gasteiger partial charge on any atom is 0.387 e. The molecule has 0 unspecified atom stereocenters. The number of hydrogen-bond acceptors (Lipinski definition) is 4. The second-order valence-corrected chi connectivity index (χ2v) is 8.26. The van der Waals surface area contributed by atoms with Crippen molar-refractivity contribution in [2.45, 2.75) is 32.6 Å². The molecule has 4 nitrogen and oxygen atoms in total. The summed E-state index contributed by atoms with van der Waals surface area (Å²) in [5.74, 6) is 1.09. The van der Waals surface area contributed by atoms with Crippen molar-refractivity contribution < 1.29 is 23.2 Å². The lowest BCUT2D eigenvalue weighted by molar-refractivity contribution is -0.532. The van der Waals surface area contributed by atoms with E-state index in [-0.39, 0.29) is 5.75 Å². The predicted molar refractivity (Wildman–Crippen MR) is 107 cm³/mol. The Bertz CT molecular complexity index is 897. The molecule has 0 saturated carbocycles. The quantitative estimate of drug-likeness (QED) is 0.778. The number of hydrogen-bond donors (Lipinski definition) is 1. The van der Waals surface area contributed by atoms with Gasteiger partial charge in [0, 0.05) is 11.3 Å². The molecule has 0 aromatic heterocycles. The first kappa shape index (κ1) is 19.2. The normalized spacial score (nSPS) is 22.0. The summed E-state index contributed by atoms with van der Waals surface area (Å²) in [6, 6.07) is 12.4. The SMILES string of the molecule is Cc1cccc(C)c1N1C2=[N+](CCCS2)C[C@]1(O)c1ccc(OC(F)F)cc1. The van der Waals surface area contributed by atoms with Crippen LogP contribution in [0.5, 0.6) is 5.75 Å². The molecule has 0 fully saturated rings. The van der Waals surface area contributed by atoms with Gasteiger partial charge in [0.1, 0.15) is 11.4 Å². The smallest absolute Gasteiger partial charge is 0.387 e. The lowest BCUT2D eigenvalue weighted by Gasteiger charge is -2.30. The summed E-state index contributed by atoms with van der Waals surface area (Å²) in [5.41, 5.74) is 2.52. The van der Waals surface area contributed by atoms with E-state index < -0.39 is 12.3 Å². The molecular formula is C21H23F2N2O2S+. The number of nitrogens with zero attached hydrogens (tertiary/aromatic N) is 2. The largest absolute Gasteiger partial charge is 0.435 e. The number of halogens is 2. The van der Waals surface area contributed by atoms with E-state index in [0.717, 1.165) is 40.7 Å². The Balaban J connectivity index is 1.80. The summed E-state index contributed by atoms with van der Waals surface area (Å²) in [7, 11) is 0. The average Bonchev–Trinajstić information content (AvgIpc) is 2.95. The minimum atomic E-state index is -2.87. The van der Waals surface area contributed by atoms with Crippen molar-refractivity contribution in [3.63, 3.8) is 0 Å². The third-order valence-corrected chi connectivity index (χ3v) is 6.44. The van der Waals surface area contributed by atoms with E-state index >= 15 is 0 Å². The highest BCUT2D eigenvalue weighted by Gasteiger charge is 2.55. The molecule has 148 valence electrons. The lowest BCUT2D eigenvalue weighted by atomic mass is 9.98. The van der Waals surface area contributed by atoms with Gasteiger partial charge in [-0.15, -0.1) is 0 Å². The van der Waals surface area contributed by atoms with Crippen LogP contribution in [0.1, 0.15) is 23.1 Å². The maximum absolute atomic E-state index is 12.5. The number of rotatable bonds is 4. The Morgan fingerprint density at radius 2 is 1.82 bits per heavy atom. The fourth-order valence-corrected chi connectivity index (χ4v) is 5.18. The first-order chi connectivity index (χ1) is 13.4. The number of ether oxygens (including phenoxy) is 1. The molecule has 0 aliphatic carbocycles. The zero-order valence-corrected chi connectivity index (χ0v) is 16.7. The molecule has 0 amide bonds. The van der Waals surface area contributed by atoms with Crippen molar-refractivity contribution in [2.24, 2.45) is 0 Å². The number of aliphatic hydroxyl groups is 1. The first-order valence-corrected chi connectivity index (χ1v) is 10.3. The molecule has 1 atom stereocenters. The Kier molecular flexibility index (Phi) is 5.05. The molecule has 4 rings (SSSR count). The number of para-hydroxylation sites is 1. The summed E-state index contributed by atoms with van der Waals surface area (Å²) in [6.45, 7) is 2.53. The van der Waals surface area contributed by atoms with Crippen molar-refractivity contribution in [3.05, 3.63) is 59.2 Å². The summed E-state index contributed by atoms with van der Waals surface area (Å²) >= 11 is 1.75. The summed E-state index contributed by atoms with van der Waals surface area (Å²) in [5, 5.41) is 12.9. The highest BCUT2D eigenvalue weighted by Crippen LogP contribution is 2.42. The van der Waals surface area contributed by atoms with Gasteiger partial charge in [-0.25, -0.2) is 4.58 Å². The van der Waals surface area contributed by atoms with Gasteiger partial charge in [0.15, 0.2) is 6.54 Å². The number of benzene rings is 2. The van der Waals surface area contributed by atoms with Crippen LogP contribution in [0.4, 0.5) is 14.5 Å². The van der Waals surface area contributed by atoms with E-state index in [0.29, 0.717) is 12.1 Å². The number of anilines is 1. The molecule has 7 heteroatoms. The Hall–Kier alpha value is -2.12. The second-order valence-electron chi connectivity index (χ2n) is 7.20. The van der Waals surface area contributed by atoms with Crippen LogP contribution in [0.2, 0.25) is 0 Å². The zero-order valence-electron chi connectivity index (χ0n) is 15.9. The van der Waals surface area contributed by atoms with Crippen molar-refractivity contribution in [3.8, 4) is 5.75 Å². The van der Waals surface area contributed by atoms with E-state index in [4.69, 9.17) is 0 Å². The number of aryl methyl sites for hydroxylation is 2. The molecule has 1 N–H and O–H groups in total. The topological polar surface area (TPSA) is 35.7 Å². The van der Waals surface area contributed by atoms with Gasteiger partial charge < -0.3 is 9.84 Å². The van der Waals surface area contributed by atoms with Crippen molar-refractivity contribution >= 4 is 22.6 Å². The summed E-state index contributed by atoms with van der Waals surface area (Å²) in [6.07, 6.45) is 1.06. The summed E-state index contributed by atoms with van der Waals surface area (Å²) < 4.78 is 31.6. The molecule has 0 bridgehead atoms. The van der Waals surface area contributed by atoms with Gasteiger partial charge in [-0.2, -0.15) is 13.7 Å². The van der Waals surface area contributed by atoms with E-state index in [9.17, 15) is 13.9 Å². The van der Waals surface area contributed by atoms with Crippen LogP contribution in [-0.4, -0.2) is 40.3 Å². The van der Waals surface area contributed by atoms with E-state index in [1.165, 1.54) is 12.1 Å². The van der Waals surface area contributed by atoms with E-state index in [1.807, 2.05) is 36.9 Å². The van der Waals surface area contributed by atoms with E-state index in [1.54, 1.807) is 23.9 Å². The van der Waals surface area contributed by atoms with Gasteiger partial charge >= 0.3 is 11.8 Å². The minimum absolute atomic E-state index is 0.0821. The fourth-order valence-electron chi connectivity index (χ4n) is 4.02. The van der Waals surface area contributed by atoms with Crippen LogP contribution in [0, 0.1) is 13.8 Å². The number of thioether (sulfide) groups is 1. The summed E-state index contributed by atoms with van der Waals surface area (Å²) in [4.78, 5) is 2.02. The standard InChI is InChI=1S/C21H23F2N2O2S/c1-14-5-3-6-15(2)18(14)25-20-24(11-4-12-28-20)13-21(25,26)16-7-9-17(10-8-16)27-19(22)23/h3,5-10,19,26H,4,11-13H2,1-2H3/q+1/t21-/m0/s1. The Morgan fingerprint density at radius 3 is 2.46 bits per heavy atom.